The second-order valence-corrected chi connectivity index (χ2v) is 8.47. The van der Waals surface area contributed by atoms with Gasteiger partial charge in [-0.3, -0.25) is 9.36 Å². The van der Waals surface area contributed by atoms with E-state index in [-0.39, 0.29) is 23.1 Å². The summed E-state index contributed by atoms with van der Waals surface area (Å²) in [5.41, 5.74) is -0.422. The molecule has 0 spiro atoms. The van der Waals surface area contributed by atoms with Gasteiger partial charge in [-0.2, -0.15) is 5.26 Å². The van der Waals surface area contributed by atoms with Crippen LogP contribution in [-0.4, -0.2) is 39.4 Å². The largest absolute Gasteiger partial charge is 0.490 e. The molecule has 0 radical (unpaired) electrons. The number of halogens is 1. The number of hydrogen-bond acceptors (Lipinski definition) is 4. The molecule has 1 aromatic heterocycles. The Bertz CT molecular complexity index is 1050. The van der Waals surface area contributed by atoms with Crippen molar-refractivity contribution in [2.75, 3.05) is 6.54 Å². The summed E-state index contributed by atoms with van der Waals surface area (Å²) in [5, 5.41) is 18.3. The van der Waals surface area contributed by atoms with Crippen LogP contribution in [0.15, 0.2) is 41.3 Å². The molecule has 8 heteroatoms. The van der Waals surface area contributed by atoms with Gasteiger partial charge in [-0.1, -0.05) is 20.8 Å². The molecule has 1 saturated heterocycles. The molecule has 2 heterocycles. The number of piperidine rings is 1. The molecule has 1 N–H and O–H groups in total. The van der Waals surface area contributed by atoms with Crippen LogP contribution in [-0.2, 0) is 0 Å². The van der Waals surface area contributed by atoms with Crippen LogP contribution in [0.2, 0.25) is 0 Å². The van der Waals surface area contributed by atoms with E-state index in [1.54, 1.807) is 12.1 Å². The average molecular weight is 413 g/mol. The summed E-state index contributed by atoms with van der Waals surface area (Å²) in [6, 6.07) is 8.45. The molecule has 158 valence electrons. The number of nitriles is 1. The number of hydrogen-bond donors (Lipinski definition) is 1. The maximum Gasteiger partial charge on any atom is 0.407 e. The summed E-state index contributed by atoms with van der Waals surface area (Å²) >= 11 is 0. The fourth-order valence-electron chi connectivity index (χ4n) is 3.77. The van der Waals surface area contributed by atoms with Crippen LogP contribution in [0, 0.1) is 22.6 Å². The predicted octanol–water partition coefficient (Wildman–Crippen LogP) is 3.78. The third-order valence-corrected chi connectivity index (χ3v) is 5.34. The van der Waals surface area contributed by atoms with Crippen molar-refractivity contribution in [2.24, 2.45) is 5.41 Å². The Kier molecular flexibility index (Phi) is 5.83. The normalized spacial score (nSPS) is 19.2. The number of aromatic nitrogens is 1. The van der Waals surface area contributed by atoms with Gasteiger partial charge >= 0.3 is 6.09 Å². The molecule has 1 fully saturated rings. The number of nitrogens with zero attached hydrogens (tertiary/aromatic N) is 3. The van der Waals surface area contributed by atoms with Crippen LogP contribution < -0.4 is 10.3 Å². The summed E-state index contributed by atoms with van der Waals surface area (Å²) in [6.45, 7) is 6.35. The fraction of sp³-hybridized carbons (Fsp3) is 0.409. The molecule has 30 heavy (non-hydrogen) atoms. The average Bonchev–Trinajstić information content (AvgIpc) is 2.67. The summed E-state index contributed by atoms with van der Waals surface area (Å²) in [7, 11) is 0. The minimum absolute atomic E-state index is 0.0899. The van der Waals surface area contributed by atoms with E-state index >= 15 is 0 Å². The lowest BCUT2D eigenvalue weighted by atomic mass is 9.80. The van der Waals surface area contributed by atoms with E-state index in [1.807, 2.05) is 20.8 Å². The Hall–Kier alpha value is -3.34. The molecule has 1 aliphatic heterocycles. The SMILES string of the molecule is CC(C)(C)C1CC(Oc2ccn(-c3ccc(C#N)c(F)c3)c(=O)c2)CCN1C(=O)O. The zero-order valence-electron chi connectivity index (χ0n) is 17.1. The highest BCUT2D eigenvalue weighted by Gasteiger charge is 2.39. The van der Waals surface area contributed by atoms with Gasteiger partial charge in [0.15, 0.2) is 0 Å². The van der Waals surface area contributed by atoms with Gasteiger partial charge < -0.3 is 14.7 Å². The third-order valence-electron chi connectivity index (χ3n) is 5.34. The number of carbonyl (C=O) groups is 1. The highest BCUT2D eigenvalue weighted by atomic mass is 19.1. The Balaban J connectivity index is 1.78. The number of ether oxygens (including phenoxy) is 1. The molecule has 0 aliphatic carbocycles. The minimum atomic E-state index is -0.939. The highest BCUT2D eigenvalue weighted by Crippen LogP contribution is 2.33. The Morgan fingerprint density at radius 1 is 1.30 bits per heavy atom. The number of benzene rings is 1. The molecule has 1 amide bonds. The first-order valence-electron chi connectivity index (χ1n) is 9.69. The predicted molar refractivity (Wildman–Crippen MR) is 108 cm³/mol. The van der Waals surface area contributed by atoms with Crippen molar-refractivity contribution in [3.05, 3.63) is 58.3 Å². The first-order valence-corrected chi connectivity index (χ1v) is 9.69. The molecule has 3 rings (SSSR count). The number of pyridine rings is 1. The highest BCUT2D eigenvalue weighted by molar-refractivity contribution is 5.65. The lowest BCUT2D eigenvalue weighted by Crippen LogP contribution is -2.53. The van der Waals surface area contributed by atoms with Crippen molar-refractivity contribution in [3.63, 3.8) is 0 Å². The van der Waals surface area contributed by atoms with Crippen molar-refractivity contribution >= 4 is 6.09 Å². The molecule has 2 atom stereocenters. The topological polar surface area (TPSA) is 95.6 Å². The molecule has 0 saturated carbocycles. The smallest absolute Gasteiger partial charge is 0.407 e. The van der Waals surface area contributed by atoms with Crippen LogP contribution >= 0.6 is 0 Å². The Morgan fingerprint density at radius 3 is 2.60 bits per heavy atom. The van der Waals surface area contributed by atoms with Crippen LogP contribution in [0.5, 0.6) is 5.75 Å². The van der Waals surface area contributed by atoms with Crippen molar-refractivity contribution in [1.29, 1.82) is 5.26 Å². The second-order valence-electron chi connectivity index (χ2n) is 8.47. The standard InChI is InChI=1S/C22H24FN3O4/c1-22(2,3)19-11-16(7-9-26(19)21(28)29)30-17-6-8-25(20(27)12-17)15-5-4-14(13-24)18(23)10-15/h4-6,8,10,12,16,19H,7,9,11H2,1-3H3,(H,28,29). The van der Waals surface area contributed by atoms with Crippen molar-refractivity contribution in [3.8, 4) is 17.5 Å². The van der Waals surface area contributed by atoms with E-state index in [0.717, 1.165) is 6.07 Å². The molecular formula is C22H24FN3O4. The first kappa shape index (κ1) is 21.4. The van der Waals surface area contributed by atoms with Crippen LogP contribution in [0.25, 0.3) is 5.69 Å². The summed E-state index contributed by atoms with van der Waals surface area (Å²) < 4.78 is 21.1. The van der Waals surface area contributed by atoms with Gasteiger partial charge in [0, 0.05) is 37.7 Å². The molecule has 1 aliphatic rings. The van der Waals surface area contributed by atoms with E-state index in [2.05, 4.69) is 0 Å². The number of likely N-dealkylation sites (tertiary alicyclic amines) is 1. The maximum atomic E-state index is 13.9. The van der Waals surface area contributed by atoms with Gasteiger partial charge in [-0.05, 0) is 29.7 Å². The zero-order valence-corrected chi connectivity index (χ0v) is 17.1. The summed E-state index contributed by atoms with van der Waals surface area (Å²) in [4.78, 5) is 25.5. The molecule has 2 aromatic rings. The minimum Gasteiger partial charge on any atom is -0.490 e. The van der Waals surface area contributed by atoms with Crippen molar-refractivity contribution in [1.82, 2.24) is 9.47 Å². The zero-order chi connectivity index (χ0) is 22.1. The van der Waals surface area contributed by atoms with E-state index < -0.39 is 17.5 Å². The van der Waals surface area contributed by atoms with Gasteiger partial charge in [0.2, 0.25) is 0 Å². The number of amides is 1. The second kappa shape index (κ2) is 8.19. The van der Waals surface area contributed by atoms with Gasteiger partial charge in [-0.15, -0.1) is 0 Å². The maximum absolute atomic E-state index is 13.9. The number of carboxylic acid groups (broad SMARTS) is 1. The molecule has 7 nitrogen and oxygen atoms in total. The quantitative estimate of drug-likeness (QED) is 0.826. The lowest BCUT2D eigenvalue weighted by molar-refractivity contribution is 0.0130. The van der Waals surface area contributed by atoms with Crippen LogP contribution in [0.3, 0.4) is 0 Å². The van der Waals surface area contributed by atoms with Crippen molar-refractivity contribution < 1.29 is 19.0 Å². The third kappa shape index (κ3) is 4.46. The van der Waals surface area contributed by atoms with E-state index in [1.165, 1.54) is 33.9 Å². The molecule has 2 unspecified atom stereocenters. The first-order chi connectivity index (χ1) is 14.1. The van der Waals surface area contributed by atoms with Gasteiger partial charge in [0.25, 0.3) is 5.56 Å². The Labute approximate surface area is 173 Å². The van der Waals surface area contributed by atoms with Gasteiger partial charge in [-0.25, -0.2) is 9.18 Å². The van der Waals surface area contributed by atoms with Crippen LogP contribution in [0.1, 0.15) is 39.2 Å². The lowest BCUT2D eigenvalue weighted by Gasteiger charge is -2.44. The summed E-state index contributed by atoms with van der Waals surface area (Å²) in [5.74, 6) is -0.313. The van der Waals surface area contributed by atoms with Gasteiger partial charge in [0.05, 0.1) is 11.3 Å². The van der Waals surface area contributed by atoms with Crippen LogP contribution in [0.4, 0.5) is 9.18 Å². The Morgan fingerprint density at radius 2 is 2.03 bits per heavy atom. The monoisotopic (exact) mass is 413 g/mol. The molecule has 1 aromatic carbocycles. The van der Waals surface area contributed by atoms with Gasteiger partial charge in [0.1, 0.15) is 23.7 Å². The number of rotatable bonds is 3. The fourth-order valence-corrected chi connectivity index (χ4v) is 3.77. The van der Waals surface area contributed by atoms with Crippen molar-refractivity contribution in [2.45, 2.75) is 45.8 Å². The summed E-state index contributed by atoms with van der Waals surface area (Å²) in [6.07, 6.45) is 1.40. The van der Waals surface area contributed by atoms with E-state index in [9.17, 15) is 19.1 Å². The molecule has 0 bridgehead atoms. The van der Waals surface area contributed by atoms with E-state index in [0.29, 0.717) is 30.8 Å². The molecular weight excluding hydrogens is 389 g/mol. The van der Waals surface area contributed by atoms with E-state index in [4.69, 9.17) is 10.00 Å².